The minimum Gasteiger partial charge on any atom is -0.468 e. The maximum absolute atomic E-state index is 14.6. The topological polar surface area (TPSA) is 97.5 Å². The Morgan fingerprint density at radius 1 is 1.03 bits per heavy atom. The largest absolute Gasteiger partial charge is 0.468 e. The summed E-state index contributed by atoms with van der Waals surface area (Å²) in [7, 11) is 1.24. The van der Waals surface area contributed by atoms with E-state index in [1.807, 2.05) is 55.5 Å². The van der Waals surface area contributed by atoms with E-state index in [9.17, 15) is 14.3 Å². The van der Waals surface area contributed by atoms with Crippen LogP contribution in [0.4, 0.5) is 4.39 Å². The molecule has 2 N–H and O–H groups in total. The van der Waals surface area contributed by atoms with Crippen molar-refractivity contribution >= 4 is 5.97 Å². The Balaban J connectivity index is 1.60. The number of benzene rings is 3. The summed E-state index contributed by atoms with van der Waals surface area (Å²) in [6, 6.07) is 19.4. The molecule has 7 nitrogen and oxygen atoms in total. The summed E-state index contributed by atoms with van der Waals surface area (Å²) in [6.45, 7) is 1.76. The van der Waals surface area contributed by atoms with Gasteiger partial charge >= 0.3 is 5.97 Å². The van der Waals surface area contributed by atoms with E-state index in [1.165, 1.54) is 13.2 Å². The van der Waals surface area contributed by atoms with Crippen molar-refractivity contribution < 1.29 is 23.4 Å². The summed E-state index contributed by atoms with van der Waals surface area (Å²) in [5.41, 5.74) is 4.67. The minimum absolute atomic E-state index is 0.0468. The van der Waals surface area contributed by atoms with Crippen molar-refractivity contribution in [2.24, 2.45) is 0 Å². The van der Waals surface area contributed by atoms with Crippen LogP contribution in [-0.4, -0.2) is 41.0 Å². The third-order valence-electron chi connectivity index (χ3n) is 5.56. The first-order valence-electron chi connectivity index (χ1n) is 10.7. The molecule has 0 saturated carbocycles. The van der Waals surface area contributed by atoms with Crippen molar-refractivity contribution in [2.45, 2.75) is 19.5 Å². The molecule has 3 aromatic carbocycles. The molecule has 4 rings (SSSR count). The quantitative estimate of drug-likeness (QED) is 0.381. The number of aliphatic hydroxyl groups is 1. The molecule has 0 saturated heterocycles. The molecule has 4 aromatic rings. The molecule has 0 fully saturated rings. The van der Waals surface area contributed by atoms with E-state index in [0.29, 0.717) is 11.5 Å². The maximum Gasteiger partial charge on any atom is 0.325 e. The van der Waals surface area contributed by atoms with E-state index in [-0.39, 0.29) is 18.0 Å². The standard InChI is InChI=1S/C26H24FN3O4/c1-16-19(18-7-4-3-5-8-18)9-6-10-20(16)24-29-30-25(34-24)21-13-17(11-12-22(21)27)14-28-23(15-31)26(32)33-2/h3-13,23,28,31H,14-15H2,1-2H3/t23-/m0/s1. The van der Waals surface area contributed by atoms with Gasteiger partial charge in [0.25, 0.3) is 5.89 Å². The van der Waals surface area contributed by atoms with E-state index >= 15 is 0 Å². The third kappa shape index (κ3) is 4.88. The molecule has 0 aliphatic heterocycles. The van der Waals surface area contributed by atoms with Gasteiger partial charge in [-0.3, -0.25) is 10.1 Å². The second-order valence-corrected chi connectivity index (χ2v) is 7.71. The number of carbonyl (C=O) groups is 1. The van der Waals surface area contributed by atoms with Gasteiger partial charge < -0.3 is 14.3 Å². The molecular weight excluding hydrogens is 437 g/mol. The summed E-state index contributed by atoms with van der Waals surface area (Å²) < 4.78 is 25.1. The number of rotatable bonds is 8. The van der Waals surface area contributed by atoms with Gasteiger partial charge in [-0.05, 0) is 47.4 Å². The highest BCUT2D eigenvalue weighted by Gasteiger charge is 2.19. The first kappa shape index (κ1) is 23.3. The van der Waals surface area contributed by atoms with Gasteiger partial charge in [0.1, 0.15) is 11.9 Å². The van der Waals surface area contributed by atoms with Crippen LogP contribution >= 0.6 is 0 Å². The normalized spacial score (nSPS) is 11.9. The molecule has 0 aliphatic rings. The lowest BCUT2D eigenvalue weighted by Crippen LogP contribution is -2.40. The first-order chi connectivity index (χ1) is 16.5. The Morgan fingerprint density at radius 3 is 2.44 bits per heavy atom. The Labute approximate surface area is 196 Å². The summed E-state index contributed by atoms with van der Waals surface area (Å²) in [6.07, 6.45) is 0. The van der Waals surface area contributed by atoms with Gasteiger partial charge in [0.05, 0.1) is 19.3 Å². The van der Waals surface area contributed by atoms with Gasteiger partial charge in [-0.15, -0.1) is 10.2 Å². The van der Waals surface area contributed by atoms with Gasteiger partial charge in [0.15, 0.2) is 0 Å². The number of halogens is 1. The zero-order valence-electron chi connectivity index (χ0n) is 18.8. The predicted octanol–water partition coefficient (Wildman–Crippen LogP) is 4.14. The molecule has 1 atom stereocenters. The lowest BCUT2D eigenvalue weighted by atomic mass is 9.96. The number of aromatic nitrogens is 2. The van der Waals surface area contributed by atoms with Crippen molar-refractivity contribution in [2.75, 3.05) is 13.7 Å². The minimum atomic E-state index is -0.881. The van der Waals surface area contributed by atoms with Crippen molar-refractivity contribution in [1.82, 2.24) is 15.5 Å². The SMILES string of the molecule is COC(=O)[C@H](CO)NCc1ccc(F)c(-c2nnc(-c3cccc(-c4ccccc4)c3C)o2)c1. The number of hydrogen-bond donors (Lipinski definition) is 2. The second-order valence-electron chi connectivity index (χ2n) is 7.71. The average molecular weight is 461 g/mol. The van der Waals surface area contributed by atoms with E-state index in [2.05, 4.69) is 20.3 Å². The van der Waals surface area contributed by atoms with Gasteiger partial charge in [-0.25, -0.2) is 4.39 Å². The summed E-state index contributed by atoms with van der Waals surface area (Å²) >= 11 is 0. The van der Waals surface area contributed by atoms with Crippen LogP contribution in [0.25, 0.3) is 34.0 Å². The van der Waals surface area contributed by atoms with Crippen molar-refractivity contribution in [3.05, 3.63) is 83.7 Å². The number of esters is 1. The Bertz CT molecular complexity index is 1290. The summed E-state index contributed by atoms with van der Waals surface area (Å²) in [4.78, 5) is 11.6. The summed E-state index contributed by atoms with van der Waals surface area (Å²) in [5, 5.41) is 20.5. The van der Waals surface area contributed by atoms with Gasteiger partial charge in [-0.2, -0.15) is 0 Å². The molecule has 0 amide bonds. The predicted molar refractivity (Wildman–Crippen MR) is 125 cm³/mol. The molecule has 0 spiro atoms. The van der Waals surface area contributed by atoms with Gasteiger partial charge in [0.2, 0.25) is 5.89 Å². The van der Waals surface area contributed by atoms with Crippen LogP contribution < -0.4 is 5.32 Å². The molecule has 0 radical (unpaired) electrons. The maximum atomic E-state index is 14.6. The number of hydrogen-bond acceptors (Lipinski definition) is 7. The molecular formula is C26H24FN3O4. The monoisotopic (exact) mass is 461 g/mol. The Hall–Kier alpha value is -3.88. The van der Waals surface area contributed by atoms with E-state index in [4.69, 9.17) is 4.42 Å². The number of nitrogens with zero attached hydrogens (tertiary/aromatic N) is 2. The number of carbonyl (C=O) groups excluding carboxylic acids is 1. The van der Waals surface area contributed by atoms with Crippen molar-refractivity contribution in [3.63, 3.8) is 0 Å². The van der Waals surface area contributed by atoms with Crippen molar-refractivity contribution in [3.8, 4) is 34.0 Å². The number of nitrogens with one attached hydrogen (secondary N) is 1. The number of aliphatic hydroxyl groups excluding tert-OH is 1. The fraction of sp³-hybridized carbons (Fsp3) is 0.192. The molecule has 1 heterocycles. The van der Waals surface area contributed by atoms with Crippen LogP contribution in [0.1, 0.15) is 11.1 Å². The molecule has 0 bridgehead atoms. The fourth-order valence-electron chi connectivity index (χ4n) is 3.69. The van der Waals surface area contributed by atoms with E-state index in [1.54, 1.807) is 12.1 Å². The molecule has 1 aromatic heterocycles. The van der Waals surface area contributed by atoms with Crippen LogP contribution in [0.5, 0.6) is 0 Å². The second kappa shape index (κ2) is 10.4. The smallest absolute Gasteiger partial charge is 0.325 e. The average Bonchev–Trinajstić information content (AvgIpc) is 3.35. The van der Waals surface area contributed by atoms with Gasteiger partial charge in [0, 0.05) is 12.1 Å². The number of ether oxygens (including phenoxy) is 1. The van der Waals surface area contributed by atoms with Gasteiger partial charge in [-0.1, -0.05) is 48.5 Å². The highest BCUT2D eigenvalue weighted by molar-refractivity contribution is 5.76. The van der Waals surface area contributed by atoms with Crippen LogP contribution in [0, 0.1) is 12.7 Å². The van der Waals surface area contributed by atoms with E-state index in [0.717, 1.165) is 22.3 Å². The van der Waals surface area contributed by atoms with Crippen molar-refractivity contribution in [1.29, 1.82) is 0 Å². The molecule has 174 valence electrons. The Morgan fingerprint density at radius 2 is 1.74 bits per heavy atom. The highest BCUT2D eigenvalue weighted by Crippen LogP contribution is 2.33. The van der Waals surface area contributed by atoms with Crippen LogP contribution in [0.2, 0.25) is 0 Å². The van der Waals surface area contributed by atoms with Crippen LogP contribution in [0.3, 0.4) is 0 Å². The molecule has 34 heavy (non-hydrogen) atoms. The highest BCUT2D eigenvalue weighted by atomic mass is 19.1. The van der Waals surface area contributed by atoms with Crippen LogP contribution in [0.15, 0.2) is 71.1 Å². The zero-order chi connectivity index (χ0) is 24.1. The van der Waals surface area contributed by atoms with Crippen LogP contribution in [-0.2, 0) is 16.1 Å². The zero-order valence-corrected chi connectivity index (χ0v) is 18.8. The third-order valence-corrected chi connectivity index (χ3v) is 5.56. The Kier molecular flexibility index (Phi) is 7.10. The summed E-state index contributed by atoms with van der Waals surface area (Å²) in [5.74, 6) is -0.760. The molecule has 8 heteroatoms. The number of methoxy groups -OCH3 is 1. The molecule has 0 unspecified atom stereocenters. The lowest BCUT2D eigenvalue weighted by molar-refractivity contribution is -0.144. The van der Waals surface area contributed by atoms with E-state index < -0.39 is 24.4 Å². The molecule has 0 aliphatic carbocycles. The first-order valence-corrected chi connectivity index (χ1v) is 10.7. The fourth-order valence-corrected chi connectivity index (χ4v) is 3.69. The lowest BCUT2D eigenvalue weighted by Gasteiger charge is -2.14.